The minimum Gasteiger partial charge on any atom is -0.480 e. The van der Waals surface area contributed by atoms with Crippen molar-refractivity contribution in [2.75, 3.05) is 6.61 Å². The van der Waals surface area contributed by atoms with Crippen LogP contribution in [0.5, 0.6) is 5.75 Å². The Morgan fingerprint density at radius 2 is 1.73 bits per heavy atom. The fourth-order valence-electron chi connectivity index (χ4n) is 2.14. The first-order valence-electron chi connectivity index (χ1n) is 6.93. The van der Waals surface area contributed by atoms with Crippen LogP contribution in [0.25, 0.3) is 0 Å². The van der Waals surface area contributed by atoms with Gasteiger partial charge in [0.05, 0.1) is 5.02 Å². The van der Waals surface area contributed by atoms with Crippen molar-refractivity contribution in [1.82, 2.24) is 0 Å². The fraction of sp³-hybridized carbons (Fsp3) is 0.235. The topological polar surface area (TPSA) is 46.5 Å². The molecular formula is C17H16Cl2O3. The second-order valence-corrected chi connectivity index (χ2v) is 5.63. The van der Waals surface area contributed by atoms with Crippen molar-refractivity contribution in [3.63, 3.8) is 0 Å². The maximum absolute atomic E-state index is 10.5. The molecule has 0 aliphatic carbocycles. The van der Waals surface area contributed by atoms with E-state index in [2.05, 4.69) is 12.1 Å². The molecule has 116 valence electrons. The summed E-state index contributed by atoms with van der Waals surface area (Å²) < 4.78 is 5.09. The molecule has 2 aromatic carbocycles. The summed E-state index contributed by atoms with van der Waals surface area (Å²) in [6.07, 6.45) is 2.72. The lowest BCUT2D eigenvalue weighted by Crippen LogP contribution is -2.09. The first-order chi connectivity index (χ1) is 10.6. The SMILES string of the molecule is O=C(O)COc1ccc(CCCc2ccccc2)c(Cl)c1Cl. The molecule has 0 atom stereocenters. The minimum atomic E-state index is -1.06. The summed E-state index contributed by atoms with van der Waals surface area (Å²) in [4.78, 5) is 10.5. The van der Waals surface area contributed by atoms with Gasteiger partial charge in [-0.3, -0.25) is 0 Å². The van der Waals surface area contributed by atoms with Gasteiger partial charge in [0.1, 0.15) is 10.8 Å². The molecule has 0 saturated carbocycles. The van der Waals surface area contributed by atoms with E-state index >= 15 is 0 Å². The van der Waals surface area contributed by atoms with Gasteiger partial charge < -0.3 is 9.84 Å². The van der Waals surface area contributed by atoms with Crippen LogP contribution in [0.4, 0.5) is 0 Å². The molecule has 0 aromatic heterocycles. The van der Waals surface area contributed by atoms with Crippen LogP contribution in [0.15, 0.2) is 42.5 Å². The smallest absolute Gasteiger partial charge is 0.341 e. The summed E-state index contributed by atoms with van der Waals surface area (Å²) in [6.45, 7) is -0.441. The molecule has 1 N–H and O–H groups in total. The summed E-state index contributed by atoms with van der Waals surface area (Å²) in [7, 11) is 0. The van der Waals surface area contributed by atoms with E-state index in [1.165, 1.54) is 5.56 Å². The number of hydrogen-bond donors (Lipinski definition) is 1. The Kier molecular flexibility index (Phi) is 6.10. The zero-order chi connectivity index (χ0) is 15.9. The lowest BCUT2D eigenvalue weighted by Gasteiger charge is -2.11. The first-order valence-corrected chi connectivity index (χ1v) is 7.69. The second-order valence-electron chi connectivity index (χ2n) is 4.87. The standard InChI is InChI=1S/C17H16Cl2O3/c18-16-13(8-4-7-12-5-2-1-3-6-12)9-10-14(17(16)19)22-11-15(20)21/h1-3,5-6,9-10H,4,7-8,11H2,(H,20,21). The van der Waals surface area contributed by atoms with E-state index in [4.69, 9.17) is 33.0 Å². The Morgan fingerprint density at radius 1 is 1.00 bits per heavy atom. The maximum Gasteiger partial charge on any atom is 0.341 e. The molecule has 5 heteroatoms. The Hall–Kier alpha value is -1.71. The van der Waals surface area contributed by atoms with Crippen LogP contribution in [0.3, 0.4) is 0 Å². The van der Waals surface area contributed by atoms with Gasteiger partial charge >= 0.3 is 5.97 Å². The van der Waals surface area contributed by atoms with Crippen molar-refractivity contribution in [3.8, 4) is 5.75 Å². The lowest BCUT2D eigenvalue weighted by molar-refractivity contribution is -0.139. The third kappa shape index (κ3) is 4.65. The molecule has 0 aliphatic rings. The molecule has 0 unspecified atom stereocenters. The summed E-state index contributed by atoms with van der Waals surface area (Å²) in [5.74, 6) is -0.764. The van der Waals surface area contributed by atoms with Crippen LogP contribution in [0.1, 0.15) is 17.5 Å². The zero-order valence-electron chi connectivity index (χ0n) is 11.9. The molecule has 0 heterocycles. The predicted octanol–water partition coefficient (Wildman–Crippen LogP) is 4.63. The number of carbonyl (C=O) groups is 1. The average Bonchev–Trinajstić information content (AvgIpc) is 2.51. The van der Waals surface area contributed by atoms with Crippen LogP contribution in [-0.2, 0) is 17.6 Å². The quantitative estimate of drug-likeness (QED) is 0.800. The summed E-state index contributed by atoms with van der Waals surface area (Å²) >= 11 is 12.4. The van der Waals surface area contributed by atoms with Gasteiger partial charge in [-0.25, -0.2) is 4.79 Å². The number of aryl methyl sites for hydroxylation is 2. The number of carboxylic acids is 1. The van der Waals surface area contributed by atoms with Crippen molar-refractivity contribution in [3.05, 3.63) is 63.6 Å². The Morgan fingerprint density at radius 3 is 2.41 bits per heavy atom. The molecule has 0 amide bonds. The summed E-state index contributed by atoms with van der Waals surface area (Å²) in [5.41, 5.74) is 2.22. The van der Waals surface area contributed by atoms with Crippen molar-refractivity contribution < 1.29 is 14.6 Å². The number of ether oxygens (including phenoxy) is 1. The fourth-order valence-corrected chi connectivity index (χ4v) is 2.63. The van der Waals surface area contributed by atoms with E-state index in [1.807, 2.05) is 24.3 Å². The summed E-state index contributed by atoms with van der Waals surface area (Å²) in [6, 6.07) is 13.7. The van der Waals surface area contributed by atoms with Gasteiger partial charge in [0.25, 0.3) is 0 Å². The largest absolute Gasteiger partial charge is 0.480 e. The number of carboxylic acid groups (broad SMARTS) is 1. The number of halogens is 2. The van der Waals surface area contributed by atoms with Crippen LogP contribution in [0, 0.1) is 0 Å². The first kappa shape index (κ1) is 16.7. The molecule has 0 radical (unpaired) electrons. The van der Waals surface area contributed by atoms with Crippen LogP contribution in [-0.4, -0.2) is 17.7 Å². The van der Waals surface area contributed by atoms with Crippen LogP contribution >= 0.6 is 23.2 Å². The normalized spacial score (nSPS) is 10.5. The van der Waals surface area contributed by atoms with Crippen molar-refractivity contribution in [2.24, 2.45) is 0 Å². The van der Waals surface area contributed by atoms with Gasteiger partial charge in [0, 0.05) is 0 Å². The molecular weight excluding hydrogens is 323 g/mol. The summed E-state index contributed by atoms with van der Waals surface area (Å²) in [5, 5.41) is 9.31. The molecule has 0 saturated heterocycles. The average molecular weight is 339 g/mol. The highest BCUT2D eigenvalue weighted by atomic mass is 35.5. The molecule has 0 spiro atoms. The molecule has 0 fully saturated rings. The highest BCUT2D eigenvalue weighted by Crippen LogP contribution is 2.35. The van der Waals surface area contributed by atoms with E-state index in [9.17, 15) is 4.79 Å². The Labute approximate surface area is 139 Å². The van der Waals surface area contributed by atoms with Gasteiger partial charge in [0.2, 0.25) is 0 Å². The molecule has 2 aromatic rings. The van der Waals surface area contributed by atoms with Crippen LogP contribution in [0.2, 0.25) is 10.0 Å². The Balaban J connectivity index is 1.97. The number of aliphatic carboxylic acids is 1. The Bertz CT molecular complexity index is 642. The van der Waals surface area contributed by atoms with Gasteiger partial charge in [-0.1, -0.05) is 59.6 Å². The molecule has 22 heavy (non-hydrogen) atoms. The maximum atomic E-state index is 10.5. The highest BCUT2D eigenvalue weighted by molar-refractivity contribution is 6.43. The monoisotopic (exact) mass is 338 g/mol. The van der Waals surface area contributed by atoms with Gasteiger partial charge in [-0.05, 0) is 36.5 Å². The lowest BCUT2D eigenvalue weighted by atomic mass is 10.0. The molecule has 0 bridgehead atoms. The molecule has 0 aliphatic heterocycles. The van der Waals surface area contributed by atoms with Gasteiger partial charge in [-0.2, -0.15) is 0 Å². The zero-order valence-corrected chi connectivity index (χ0v) is 13.4. The van der Waals surface area contributed by atoms with E-state index < -0.39 is 12.6 Å². The predicted molar refractivity (Wildman–Crippen MR) is 88.1 cm³/mol. The van der Waals surface area contributed by atoms with E-state index in [0.29, 0.717) is 10.8 Å². The third-order valence-corrected chi connectivity index (χ3v) is 4.14. The number of rotatable bonds is 7. The van der Waals surface area contributed by atoms with E-state index in [-0.39, 0.29) is 5.02 Å². The second kappa shape index (κ2) is 8.06. The minimum absolute atomic E-state index is 0.264. The van der Waals surface area contributed by atoms with Crippen LogP contribution < -0.4 is 4.74 Å². The highest BCUT2D eigenvalue weighted by Gasteiger charge is 2.12. The van der Waals surface area contributed by atoms with E-state index in [0.717, 1.165) is 24.8 Å². The van der Waals surface area contributed by atoms with Gasteiger partial charge in [-0.15, -0.1) is 0 Å². The van der Waals surface area contributed by atoms with E-state index in [1.54, 1.807) is 6.07 Å². The van der Waals surface area contributed by atoms with Crippen molar-refractivity contribution in [2.45, 2.75) is 19.3 Å². The molecule has 2 rings (SSSR count). The van der Waals surface area contributed by atoms with Crippen molar-refractivity contribution >= 4 is 29.2 Å². The van der Waals surface area contributed by atoms with Gasteiger partial charge in [0.15, 0.2) is 6.61 Å². The molecule has 3 nitrogen and oxygen atoms in total. The number of benzene rings is 2. The third-order valence-electron chi connectivity index (χ3n) is 3.23. The van der Waals surface area contributed by atoms with Crippen molar-refractivity contribution in [1.29, 1.82) is 0 Å². The number of hydrogen-bond acceptors (Lipinski definition) is 2.